The second-order valence-corrected chi connectivity index (χ2v) is 11.2. The van der Waals surface area contributed by atoms with Gasteiger partial charge in [0.1, 0.15) is 11.6 Å². The highest BCUT2D eigenvalue weighted by Crippen LogP contribution is 2.56. The van der Waals surface area contributed by atoms with Gasteiger partial charge in [-0.25, -0.2) is 4.79 Å². The normalized spacial score (nSPS) is 29.2. The first-order chi connectivity index (χ1) is 15.6. The van der Waals surface area contributed by atoms with Gasteiger partial charge in [-0.3, -0.25) is 4.90 Å². The largest absolute Gasteiger partial charge is 0.328 e. The summed E-state index contributed by atoms with van der Waals surface area (Å²) in [5.74, 6) is 4.58. The molecule has 2 amide bonds. The number of nitrogens with zero attached hydrogens (tertiary/aromatic N) is 5. The second kappa shape index (κ2) is 7.04. The summed E-state index contributed by atoms with van der Waals surface area (Å²) in [7, 11) is 0. The zero-order valence-electron chi connectivity index (χ0n) is 18.6. The molecule has 1 spiro atoms. The number of carbonyl (C=O) groups is 1. The Morgan fingerprint density at radius 2 is 1.56 bits per heavy atom. The fourth-order valence-electron chi connectivity index (χ4n) is 6.77. The molecule has 3 aliphatic heterocycles. The summed E-state index contributed by atoms with van der Waals surface area (Å²) >= 11 is 0. The number of nitrogens with one attached hydrogen (secondary N) is 1. The maximum absolute atomic E-state index is 13.1. The third-order valence-electron chi connectivity index (χ3n) is 8.64. The van der Waals surface area contributed by atoms with Crippen molar-refractivity contribution in [1.29, 1.82) is 0 Å². The number of H-pyrrole nitrogens is 1. The van der Waals surface area contributed by atoms with Crippen LogP contribution in [-0.4, -0.2) is 75.2 Å². The Morgan fingerprint density at radius 1 is 0.906 bits per heavy atom. The van der Waals surface area contributed by atoms with E-state index in [2.05, 4.69) is 60.2 Å². The van der Waals surface area contributed by atoms with E-state index in [4.69, 9.17) is 0 Å². The first-order valence-electron chi connectivity index (χ1n) is 12.4. The average molecular weight is 433 g/mol. The van der Waals surface area contributed by atoms with Crippen molar-refractivity contribution in [2.45, 2.75) is 44.1 Å². The number of fused-ring (bicyclic) bond motifs is 1. The van der Waals surface area contributed by atoms with E-state index in [9.17, 15) is 4.79 Å². The minimum absolute atomic E-state index is 0.277. The highest BCUT2D eigenvalue weighted by atomic mass is 16.2. The van der Waals surface area contributed by atoms with Crippen LogP contribution in [0.3, 0.4) is 0 Å². The van der Waals surface area contributed by atoms with Crippen LogP contribution < -0.4 is 0 Å². The Hall–Kier alpha value is -2.41. The van der Waals surface area contributed by atoms with Gasteiger partial charge in [-0.2, -0.15) is 0 Å². The number of rotatable bonds is 4. The summed E-state index contributed by atoms with van der Waals surface area (Å²) in [5.41, 5.74) is 1.73. The Kier molecular flexibility index (Phi) is 4.20. The molecule has 7 heteroatoms. The summed E-state index contributed by atoms with van der Waals surface area (Å²) in [6.07, 6.45) is 4.80. The molecule has 7 rings (SSSR count). The molecule has 4 heterocycles. The van der Waals surface area contributed by atoms with E-state index >= 15 is 0 Å². The highest BCUT2D eigenvalue weighted by molar-refractivity contribution is 5.76. The van der Waals surface area contributed by atoms with E-state index in [1.54, 1.807) is 0 Å². The van der Waals surface area contributed by atoms with E-state index in [1.807, 2.05) is 0 Å². The minimum atomic E-state index is 0.277. The van der Waals surface area contributed by atoms with Crippen LogP contribution in [0.1, 0.15) is 54.7 Å². The van der Waals surface area contributed by atoms with Crippen LogP contribution in [0.4, 0.5) is 4.79 Å². The molecule has 0 radical (unpaired) electrons. The quantitative estimate of drug-likeness (QED) is 0.806. The number of aromatic nitrogens is 3. The van der Waals surface area contributed by atoms with Gasteiger partial charge < -0.3 is 14.8 Å². The van der Waals surface area contributed by atoms with Crippen LogP contribution in [0.25, 0.3) is 0 Å². The predicted molar refractivity (Wildman–Crippen MR) is 120 cm³/mol. The Bertz CT molecular complexity index is 988. The number of hydrogen-bond donors (Lipinski definition) is 1. The lowest BCUT2D eigenvalue weighted by Gasteiger charge is -2.59. The third-order valence-corrected chi connectivity index (χ3v) is 8.64. The lowest BCUT2D eigenvalue weighted by atomic mass is 9.57. The minimum Gasteiger partial charge on any atom is -0.328 e. The zero-order valence-corrected chi connectivity index (χ0v) is 18.6. The highest BCUT2D eigenvalue weighted by Gasteiger charge is 2.56. The summed E-state index contributed by atoms with van der Waals surface area (Å²) < 4.78 is 0. The Morgan fingerprint density at radius 3 is 2.22 bits per heavy atom. The molecule has 2 atom stereocenters. The van der Waals surface area contributed by atoms with Crippen molar-refractivity contribution in [3.8, 4) is 0 Å². The molecule has 1 aromatic heterocycles. The molecule has 1 aromatic carbocycles. The van der Waals surface area contributed by atoms with Gasteiger partial charge in [-0.15, -0.1) is 10.2 Å². The van der Waals surface area contributed by atoms with E-state index < -0.39 is 0 Å². The average Bonchev–Trinajstić information content (AvgIpc) is 3.15. The van der Waals surface area contributed by atoms with Gasteiger partial charge in [-0.05, 0) is 43.1 Å². The fourth-order valence-corrected chi connectivity index (χ4v) is 6.77. The van der Waals surface area contributed by atoms with Crippen molar-refractivity contribution in [1.82, 2.24) is 29.9 Å². The maximum atomic E-state index is 13.1. The molecule has 5 fully saturated rings. The Balaban J connectivity index is 0.885. The molecular weight excluding hydrogens is 400 g/mol. The van der Waals surface area contributed by atoms with E-state index in [0.29, 0.717) is 29.1 Å². The number of benzene rings is 1. The van der Waals surface area contributed by atoms with Crippen molar-refractivity contribution < 1.29 is 4.79 Å². The molecule has 1 N–H and O–H groups in total. The molecule has 3 saturated heterocycles. The van der Waals surface area contributed by atoms with E-state index in [-0.39, 0.29) is 6.03 Å². The third kappa shape index (κ3) is 3.24. The van der Waals surface area contributed by atoms with Gasteiger partial charge >= 0.3 is 6.03 Å². The number of hydrogen-bond acceptors (Lipinski definition) is 4. The van der Waals surface area contributed by atoms with Gasteiger partial charge in [0, 0.05) is 63.1 Å². The van der Waals surface area contributed by atoms with Crippen molar-refractivity contribution in [2.75, 3.05) is 39.3 Å². The van der Waals surface area contributed by atoms with Crippen LogP contribution in [0.5, 0.6) is 0 Å². The van der Waals surface area contributed by atoms with Gasteiger partial charge in [-0.1, -0.05) is 30.3 Å². The maximum Gasteiger partial charge on any atom is 0.320 e. The molecule has 168 valence electrons. The van der Waals surface area contributed by atoms with Crippen LogP contribution in [0.2, 0.25) is 0 Å². The van der Waals surface area contributed by atoms with Gasteiger partial charge in [0.2, 0.25) is 0 Å². The summed E-state index contributed by atoms with van der Waals surface area (Å²) in [4.78, 5) is 23.4. The molecule has 32 heavy (non-hydrogen) atoms. The molecule has 2 saturated carbocycles. The van der Waals surface area contributed by atoms with Crippen LogP contribution in [-0.2, 0) is 6.54 Å². The molecule has 5 aliphatic rings. The SMILES string of the molecule is O=C(N1C[C@H]2CN(Cc3ccccc3)C[C@H]2C1)N1CC2(CC(c3nnc(C4CC4)[nH]3)C2)C1. The first-order valence-corrected chi connectivity index (χ1v) is 12.4. The lowest BCUT2D eigenvalue weighted by Crippen LogP contribution is -2.65. The van der Waals surface area contributed by atoms with Gasteiger partial charge in [0.05, 0.1) is 0 Å². The van der Waals surface area contributed by atoms with Gasteiger partial charge in [0.15, 0.2) is 0 Å². The standard InChI is InChI=1S/C25H32N6O/c32-24(30-13-20-11-29(12-21(20)14-30)10-17-4-2-1-3-5-17)31-15-25(16-31)8-19(9-25)23-26-22(27-28-23)18-6-7-18/h1-5,18-21H,6-16H2,(H,26,27,28)/t20-,21+. The van der Waals surface area contributed by atoms with Gasteiger partial charge in [0.25, 0.3) is 0 Å². The molecule has 2 aromatic rings. The van der Waals surface area contributed by atoms with E-state index in [0.717, 1.165) is 70.3 Å². The second-order valence-electron chi connectivity index (χ2n) is 11.2. The first kappa shape index (κ1) is 19.1. The molecule has 0 unspecified atom stereocenters. The van der Waals surface area contributed by atoms with Crippen LogP contribution >= 0.6 is 0 Å². The summed E-state index contributed by atoms with van der Waals surface area (Å²) in [5, 5.41) is 8.75. The van der Waals surface area contributed by atoms with Crippen LogP contribution in [0, 0.1) is 17.3 Å². The predicted octanol–water partition coefficient (Wildman–Crippen LogP) is 3.05. The molecular formula is C25H32N6O. The Labute approximate surface area is 189 Å². The monoisotopic (exact) mass is 432 g/mol. The van der Waals surface area contributed by atoms with E-state index in [1.165, 1.54) is 18.4 Å². The number of likely N-dealkylation sites (tertiary alicyclic amines) is 3. The van der Waals surface area contributed by atoms with Crippen LogP contribution in [0.15, 0.2) is 30.3 Å². The molecule has 7 nitrogen and oxygen atoms in total. The summed E-state index contributed by atoms with van der Waals surface area (Å²) in [6, 6.07) is 11.0. The smallest absolute Gasteiger partial charge is 0.320 e. The zero-order chi connectivity index (χ0) is 21.3. The number of urea groups is 1. The number of carbonyl (C=O) groups excluding carboxylic acids is 1. The van der Waals surface area contributed by atoms with Crippen molar-refractivity contribution in [3.05, 3.63) is 47.5 Å². The molecule has 0 bridgehead atoms. The van der Waals surface area contributed by atoms with Crippen molar-refractivity contribution in [2.24, 2.45) is 17.3 Å². The molecule has 2 aliphatic carbocycles. The fraction of sp³-hybridized carbons (Fsp3) is 0.640. The lowest BCUT2D eigenvalue weighted by molar-refractivity contribution is -0.0555. The van der Waals surface area contributed by atoms with Crippen molar-refractivity contribution in [3.63, 3.8) is 0 Å². The number of aromatic amines is 1. The van der Waals surface area contributed by atoms with Crippen molar-refractivity contribution >= 4 is 6.03 Å². The topological polar surface area (TPSA) is 68.4 Å². The summed E-state index contributed by atoms with van der Waals surface area (Å²) in [6.45, 7) is 7.00. The number of amides is 2.